The van der Waals surface area contributed by atoms with Crippen LogP contribution >= 0.6 is 11.3 Å². The molecule has 8 heteroatoms. The predicted molar refractivity (Wildman–Crippen MR) is 112 cm³/mol. The van der Waals surface area contributed by atoms with E-state index < -0.39 is 4.92 Å². The van der Waals surface area contributed by atoms with E-state index >= 15 is 0 Å². The molecule has 3 aromatic carbocycles. The van der Waals surface area contributed by atoms with Gasteiger partial charge in [-0.25, -0.2) is 0 Å². The molecule has 4 rings (SSSR count). The summed E-state index contributed by atoms with van der Waals surface area (Å²) in [5.41, 5.74) is 3.14. The Morgan fingerprint density at radius 1 is 0.862 bits per heavy atom. The number of carbonyl (C=O) groups excluding carboxylic acids is 1. The Morgan fingerprint density at radius 2 is 1.55 bits per heavy atom. The second kappa shape index (κ2) is 7.99. The average Bonchev–Trinajstić information content (AvgIpc) is 3.23. The van der Waals surface area contributed by atoms with Gasteiger partial charge in [0, 0.05) is 23.3 Å². The number of nitrogens with one attached hydrogen (secondary N) is 1. The van der Waals surface area contributed by atoms with Gasteiger partial charge in [-0.05, 0) is 23.3 Å². The van der Waals surface area contributed by atoms with Crippen LogP contribution in [0.3, 0.4) is 0 Å². The van der Waals surface area contributed by atoms with Gasteiger partial charge in [-0.3, -0.25) is 20.2 Å². The molecule has 0 aliphatic rings. The second-order valence-electron chi connectivity index (χ2n) is 6.12. The fraction of sp³-hybridized carbons (Fsp3) is 0. The van der Waals surface area contributed by atoms with Crippen molar-refractivity contribution in [3.05, 3.63) is 94.5 Å². The third kappa shape index (κ3) is 4.17. The summed E-state index contributed by atoms with van der Waals surface area (Å²) in [5, 5.41) is 22.4. The zero-order chi connectivity index (χ0) is 20.2. The summed E-state index contributed by atoms with van der Waals surface area (Å²) in [6.45, 7) is 0. The van der Waals surface area contributed by atoms with Crippen LogP contribution in [0.15, 0.2) is 78.9 Å². The van der Waals surface area contributed by atoms with Crippen LogP contribution in [-0.2, 0) is 0 Å². The van der Waals surface area contributed by atoms with Crippen molar-refractivity contribution in [1.29, 1.82) is 0 Å². The molecule has 0 unspecified atom stereocenters. The van der Waals surface area contributed by atoms with Gasteiger partial charge in [0.15, 0.2) is 0 Å². The van der Waals surface area contributed by atoms with Crippen molar-refractivity contribution in [2.45, 2.75) is 0 Å². The van der Waals surface area contributed by atoms with Crippen LogP contribution in [-0.4, -0.2) is 21.0 Å². The third-order valence-corrected chi connectivity index (χ3v) is 5.09. The molecule has 29 heavy (non-hydrogen) atoms. The van der Waals surface area contributed by atoms with Crippen LogP contribution in [0.2, 0.25) is 0 Å². The molecular formula is C21H14N4O3S. The van der Waals surface area contributed by atoms with Crippen molar-refractivity contribution in [3.8, 4) is 21.7 Å². The lowest BCUT2D eigenvalue weighted by molar-refractivity contribution is -0.384. The fourth-order valence-corrected chi connectivity index (χ4v) is 3.49. The molecule has 1 N–H and O–H groups in total. The fourth-order valence-electron chi connectivity index (χ4n) is 2.76. The van der Waals surface area contributed by atoms with Gasteiger partial charge in [-0.1, -0.05) is 65.9 Å². The molecule has 1 amide bonds. The number of nitro benzene ring substituents is 1. The molecule has 0 saturated carbocycles. The van der Waals surface area contributed by atoms with Gasteiger partial charge < -0.3 is 0 Å². The molecule has 0 radical (unpaired) electrons. The summed E-state index contributed by atoms with van der Waals surface area (Å²) in [6, 6.07) is 23.3. The molecule has 4 aromatic rings. The molecule has 1 aromatic heterocycles. The lowest BCUT2D eigenvalue weighted by Gasteiger charge is -2.04. The smallest absolute Gasteiger partial charge is 0.270 e. The van der Waals surface area contributed by atoms with Crippen LogP contribution in [0.25, 0.3) is 21.7 Å². The number of rotatable bonds is 5. The summed E-state index contributed by atoms with van der Waals surface area (Å²) in [7, 11) is 0. The Kier molecular flexibility index (Phi) is 5.08. The number of carbonyl (C=O) groups is 1. The lowest BCUT2D eigenvalue weighted by atomic mass is 10.0. The van der Waals surface area contributed by atoms with Gasteiger partial charge in [-0.2, -0.15) is 0 Å². The Bertz CT molecular complexity index is 1170. The number of anilines is 1. The molecule has 0 spiro atoms. The highest BCUT2D eigenvalue weighted by atomic mass is 32.1. The number of aromatic nitrogens is 2. The van der Waals surface area contributed by atoms with Gasteiger partial charge in [-0.15, -0.1) is 10.2 Å². The summed E-state index contributed by atoms with van der Waals surface area (Å²) in [4.78, 5) is 22.9. The van der Waals surface area contributed by atoms with Crippen molar-refractivity contribution in [3.63, 3.8) is 0 Å². The highest BCUT2D eigenvalue weighted by molar-refractivity contribution is 7.18. The number of amides is 1. The molecule has 1 heterocycles. The molecule has 0 atom stereocenters. The van der Waals surface area contributed by atoms with E-state index in [1.54, 1.807) is 24.3 Å². The van der Waals surface area contributed by atoms with Crippen LogP contribution < -0.4 is 5.32 Å². The SMILES string of the molecule is O=C(Nc1nnc(-c2cccc([N+](=O)[O-])c2)s1)c1ccc(-c2ccccc2)cc1. The summed E-state index contributed by atoms with van der Waals surface area (Å²) in [5.74, 6) is -0.300. The number of benzene rings is 3. The molecule has 142 valence electrons. The maximum atomic E-state index is 12.5. The molecule has 0 saturated heterocycles. The number of non-ortho nitro benzene ring substituents is 1. The average molecular weight is 402 g/mol. The summed E-state index contributed by atoms with van der Waals surface area (Å²) in [6.07, 6.45) is 0. The maximum absolute atomic E-state index is 12.5. The topological polar surface area (TPSA) is 98.0 Å². The predicted octanol–water partition coefficient (Wildman–Crippen LogP) is 5.03. The lowest BCUT2D eigenvalue weighted by Crippen LogP contribution is -2.11. The van der Waals surface area contributed by atoms with Crippen molar-refractivity contribution >= 4 is 28.1 Å². The van der Waals surface area contributed by atoms with Gasteiger partial charge in [0.25, 0.3) is 11.6 Å². The van der Waals surface area contributed by atoms with E-state index in [0.717, 1.165) is 22.5 Å². The Balaban J connectivity index is 1.48. The monoisotopic (exact) mass is 402 g/mol. The van der Waals surface area contributed by atoms with Gasteiger partial charge >= 0.3 is 0 Å². The number of hydrogen-bond acceptors (Lipinski definition) is 6. The molecule has 0 aliphatic carbocycles. The van der Waals surface area contributed by atoms with E-state index in [-0.39, 0.29) is 11.6 Å². The van der Waals surface area contributed by atoms with Crippen molar-refractivity contribution < 1.29 is 9.72 Å². The highest BCUT2D eigenvalue weighted by Crippen LogP contribution is 2.29. The van der Waals surface area contributed by atoms with E-state index in [1.807, 2.05) is 42.5 Å². The van der Waals surface area contributed by atoms with E-state index in [2.05, 4.69) is 15.5 Å². The van der Waals surface area contributed by atoms with Crippen molar-refractivity contribution in [2.24, 2.45) is 0 Å². The van der Waals surface area contributed by atoms with Crippen LogP contribution in [0.4, 0.5) is 10.8 Å². The van der Waals surface area contributed by atoms with Gasteiger partial charge in [0.05, 0.1) is 4.92 Å². The Hall–Kier alpha value is -3.91. The molecular weight excluding hydrogens is 388 g/mol. The van der Waals surface area contributed by atoms with Gasteiger partial charge in [0.2, 0.25) is 5.13 Å². The van der Waals surface area contributed by atoms with Gasteiger partial charge in [0.1, 0.15) is 5.01 Å². The largest absolute Gasteiger partial charge is 0.296 e. The minimum atomic E-state index is -0.466. The van der Waals surface area contributed by atoms with E-state index in [1.165, 1.54) is 12.1 Å². The maximum Gasteiger partial charge on any atom is 0.270 e. The highest BCUT2D eigenvalue weighted by Gasteiger charge is 2.14. The first kappa shape index (κ1) is 18.5. The minimum absolute atomic E-state index is 0.0261. The van der Waals surface area contributed by atoms with Crippen LogP contribution in [0, 0.1) is 10.1 Å². The Morgan fingerprint density at radius 3 is 2.28 bits per heavy atom. The standard InChI is InChI=1S/C21H14N4O3S/c26-19(16-11-9-15(10-12-16)14-5-2-1-3-6-14)22-21-24-23-20(29-21)17-7-4-8-18(13-17)25(27)28/h1-13H,(H,22,24,26). The first-order valence-corrected chi connectivity index (χ1v) is 9.47. The van der Waals surface area contributed by atoms with E-state index in [9.17, 15) is 14.9 Å². The first-order valence-electron chi connectivity index (χ1n) is 8.65. The molecule has 0 bridgehead atoms. The quantitative estimate of drug-likeness (QED) is 0.373. The second-order valence-corrected chi connectivity index (χ2v) is 7.09. The number of hydrogen-bond donors (Lipinski definition) is 1. The van der Waals surface area contributed by atoms with E-state index in [0.29, 0.717) is 21.3 Å². The molecule has 7 nitrogen and oxygen atoms in total. The normalized spacial score (nSPS) is 10.5. The van der Waals surface area contributed by atoms with Crippen molar-refractivity contribution in [2.75, 3.05) is 5.32 Å². The Labute approximate surface area is 169 Å². The zero-order valence-electron chi connectivity index (χ0n) is 15.0. The van der Waals surface area contributed by atoms with Crippen LogP contribution in [0.1, 0.15) is 10.4 Å². The first-order chi connectivity index (χ1) is 14.1. The number of nitrogens with zero attached hydrogens (tertiary/aromatic N) is 3. The van der Waals surface area contributed by atoms with Crippen molar-refractivity contribution in [1.82, 2.24) is 10.2 Å². The summed E-state index contributed by atoms with van der Waals surface area (Å²) < 4.78 is 0. The minimum Gasteiger partial charge on any atom is -0.296 e. The zero-order valence-corrected chi connectivity index (χ0v) is 15.8. The molecule has 0 fully saturated rings. The molecule has 0 aliphatic heterocycles. The van der Waals surface area contributed by atoms with Crippen LogP contribution in [0.5, 0.6) is 0 Å². The number of nitro groups is 1. The summed E-state index contributed by atoms with van der Waals surface area (Å²) >= 11 is 1.15. The van der Waals surface area contributed by atoms with E-state index in [4.69, 9.17) is 0 Å². The third-order valence-electron chi connectivity index (χ3n) is 4.20.